The molecule has 0 aliphatic rings. The standard InChI is InChI=1S/C13H14N6O/c1-8(18-13(15)16-7-14)17-12(20)11-6-9-4-2-3-5-10(9)19-11/h2-6,8,19H,1H3,(H,17,20)(H3,15,16,18). The van der Waals surface area contributed by atoms with Crippen molar-refractivity contribution in [3.63, 3.8) is 0 Å². The van der Waals surface area contributed by atoms with E-state index in [1.807, 2.05) is 24.3 Å². The van der Waals surface area contributed by atoms with Gasteiger partial charge in [0.1, 0.15) is 11.9 Å². The summed E-state index contributed by atoms with van der Waals surface area (Å²) in [7, 11) is 0. The van der Waals surface area contributed by atoms with E-state index in [-0.39, 0.29) is 11.9 Å². The fraction of sp³-hybridized carbons (Fsp3) is 0.154. The van der Waals surface area contributed by atoms with Crippen molar-refractivity contribution in [3.05, 3.63) is 36.0 Å². The van der Waals surface area contributed by atoms with E-state index in [1.165, 1.54) is 0 Å². The molecule has 0 aliphatic carbocycles. The van der Waals surface area contributed by atoms with Gasteiger partial charge in [0.15, 0.2) is 6.19 Å². The predicted molar refractivity (Wildman–Crippen MR) is 75.6 cm³/mol. The molecule has 0 bridgehead atoms. The zero-order valence-corrected chi connectivity index (χ0v) is 10.8. The zero-order valence-electron chi connectivity index (χ0n) is 10.8. The van der Waals surface area contributed by atoms with E-state index in [1.54, 1.807) is 19.2 Å². The molecule has 1 atom stereocenters. The maximum atomic E-state index is 12.0. The largest absolute Gasteiger partial charge is 0.369 e. The van der Waals surface area contributed by atoms with Gasteiger partial charge in [-0.2, -0.15) is 5.26 Å². The maximum absolute atomic E-state index is 12.0. The molecular weight excluding hydrogens is 256 g/mol. The topological polar surface area (TPSA) is 119 Å². The second-order valence-electron chi connectivity index (χ2n) is 4.17. The van der Waals surface area contributed by atoms with Gasteiger partial charge in [-0.3, -0.25) is 10.1 Å². The van der Waals surface area contributed by atoms with Crippen LogP contribution in [0.25, 0.3) is 10.9 Å². The maximum Gasteiger partial charge on any atom is 0.269 e. The Bertz CT molecular complexity index is 663. The van der Waals surface area contributed by atoms with E-state index < -0.39 is 6.17 Å². The van der Waals surface area contributed by atoms with Crippen LogP contribution in [-0.2, 0) is 0 Å². The summed E-state index contributed by atoms with van der Waals surface area (Å²) in [5.41, 5.74) is 6.75. The van der Waals surface area contributed by atoms with Crippen LogP contribution < -0.4 is 16.4 Å². The molecule has 5 N–H and O–H groups in total. The number of aliphatic imine (C=N–C) groups is 1. The summed E-state index contributed by atoms with van der Waals surface area (Å²) in [6.07, 6.45) is 1.10. The van der Waals surface area contributed by atoms with Crippen LogP contribution in [0.3, 0.4) is 0 Å². The smallest absolute Gasteiger partial charge is 0.269 e. The highest BCUT2D eigenvalue weighted by molar-refractivity contribution is 5.98. The lowest BCUT2D eigenvalue weighted by atomic mass is 10.2. The highest BCUT2D eigenvalue weighted by Gasteiger charge is 2.11. The number of hydrogen-bond donors (Lipinski definition) is 4. The third-order valence-electron chi connectivity index (χ3n) is 2.63. The van der Waals surface area contributed by atoms with Crippen molar-refractivity contribution in [2.75, 3.05) is 0 Å². The van der Waals surface area contributed by atoms with Crippen LogP contribution in [0, 0.1) is 11.5 Å². The minimum Gasteiger partial charge on any atom is -0.369 e. The average Bonchev–Trinajstić information content (AvgIpc) is 2.82. The molecule has 0 aliphatic heterocycles. The number of rotatable bonds is 3. The highest BCUT2D eigenvalue weighted by Crippen LogP contribution is 2.14. The second-order valence-corrected chi connectivity index (χ2v) is 4.17. The van der Waals surface area contributed by atoms with Crippen molar-refractivity contribution in [1.82, 2.24) is 15.6 Å². The Morgan fingerprint density at radius 1 is 1.50 bits per heavy atom. The predicted octanol–water partition coefficient (Wildman–Crippen LogP) is 0.629. The van der Waals surface area contributed by atoms with E-state index in [0.29, 0.717) is 5.69 Å². The van der Waals surface area contributed by atoms with Crippen LogP contribution >= 0.6 is 0 Å². The van der Waals surface area contributed by atoms with Gasteiger partial charge in [-0.1, -0.05) is 18.2 Å². The SMILES string of the molecule is CC(N=C(N)NC#N)NC(=O)c1cc2ccccc2[nH]1. The molecule has 7 nitrogen and oxygen atoms in total. The first kappa shape index (κ1) is 13.4. The zero-order chi connectivity index (χ0) is 14.5. The molecule has 1 unspecified atom stereocenters. The first-order valence-electron chi connectivity index (χ1n) is 5.97. The van der Waals surface area contributed by atoms with Gasteiger partial charge in [-0.15, -0.1) is 0 Å². The molecule has 102 valence electrons. The molecule has 0 spiro atoms. The fourth-order valence-electron chi connectivity index (χ4n) is 1.79. The molecule has 1 aromatic heterocycles. The third-order valence-corrected chi connectivity index (χ3v) is 2.63. The Kier molecular flexibility index (Phi) is 3.86. The van der Waals surface area contributed by atoms with Crippen molar-refractivity contribution in [1.29, 1.82) is 5.26 Å². The Balaban J connectivity index is 2.08. The molecule has 1 aromatic carbocycles. The molecule has 0 saturated heterocycles. The number of guanidine groups is 1. The molecule has 1 amide bonds. The molecule has 1 heterocycles. The molecule has 0 saturated carbocycles. The average molecular weight is 270 g/mol. The van der Waals surface area contributed by atoms with E-state index in [4.69, 9.17) is 11.0 Å². The van der Waals surface area contributed by atoms with Gasteiger partial charge < -0.3 is 16.0 Å². The number of hydrogen-bond acceptors (Lipinski definition) is 3. The molecule has 20 heavy (non-hydrogen) atoms. The van der Waals surface area contributed by atoms with Crippen molar-refractivity contribution in [2.24, 2.45) is 10.7 Å². The number of nitrogens with zero attached hydrogens (tertiary/aromatic N) is 2. The van der Waals surface area contributed by atoms with Crippen LogP contribution in [0.2, 0.25) is 0 Å². The normalized spacial score (nSPS) is 12.7. The molecule has 0 fully saturated rings. The lowest BCUT2D eigenvalue weighted by molar-refractivity contribution is 0.0937. The van der Waals surface area contributed by atoms with Gasteiger partial charge in [-0.05, 0) is 19.1 Å². The van der Waals surface area contributed by atoms with E-state index in [2.05, 4.69) is 20.6 Å². The minimum atomic E-state index is -0.547. The van der Waals surface area contributed by atoms with Crippen LogP contribution in [0.5, 0.6) is 0 Å². The summed E-state index contributed by atoms with van der Waals surface area (Å²) in [6, 6.07) is 9.36. The second kappa shape index (κ2) is 5.75. The van der Waals surface area contributed by atoms with Crippen molar-refractivity contribution < 1.29 is 4.79 Å². The van der Waals surface area contributed by atoms with E-state index >= 15 is 0 Å². The minimum absolute atomic E-state index is 0.0445. The number of carbonyl (C=O) groups is 1. The number of nitriles is 1. The number of carbonyl (C=O) groups excluding carboxylic acids is 1. The lowest BCUT2D eigenvalue weighted by Gasteiger charge is -2.09. The number of H-pyrrole nitrogens is 1. The number of benzene rings is 1. The third kappa shape index (κ3) is 3.05. The van der Waals surface area contributed by atoms with E-state index in [9.17, 15) is 4.79 Å². The van der Waals surface area contributed by atoms with Crippen LogP contribution in [0.1, 0.15) is 17.4 Å². The number of aromatic nitrogens is 1. The molecule has 2 rings (SSSR count). The summed E-state index contributed by atoms with van der Waals surface area (Å²) in [5.74, 6) is -0.334. The summed E-state index contributed by atoms with van der Waals surface area (Å²) < 4.78 is 0. The summed E-state index contributed by atoms with van der Waals surface area (Å²) in [6.45, 7) is 1.66. The lowest BCUT2D eigenvalue weighted by Crippen LogP contribution is -2.36. The Labute approximate surface area is 115 Å². The van der Waals surface area contributed by atoms with E-state index in [0.717, 1.165) is 10.9 Å². The van der Waals surface area contributed by atoms with Gasteiger partial charge >= 0.3 is 0 Å². The number of nitrogens with one attached hydrogen (secondary N) is 3. The monoisotopic (exact) mass is 270 g/mol. The van der Waals surface area contributed by atoms with Gasteiger partial charge in [0.25, 0.3) is 5.91 Å². The van der Waals surface area contributed by atoms with Crippen LogP contribution in [-0.4, -0.2) is 23.0 Å². The number of fused-ring (bicyclic) bond motifs is 1. The van der Waals surface area contributed by atoms with Crippen molar-refractivity contribution in [2.45, 2.75) is 13.1 Å². The number of aromatic amines is 1. The Hall–Kier alpha value is -3.01. The summed E-state index contributed by atoms with van der Waals surface area (Å²) in [5, 5.41) is 14.2. The first-order valence-corrected chi connectivity index (χ1v) is 5.97. The van der Waals surface area contributed by atoms with Gasteiger partial charge in [-0.25, -0.2) is 4.99 Å². The summed E-state index contributed by atoms with van der Waals surface area (Å²) in [4.78, 5) is 18.9. The fourth-order valence-corrected chi connectivity index (χ4v) is 1.79. The van der Waals surface area contributed by atoms with Crippen LogP contribution in [0.4, 0.5) is 0 Å². The van der Waals surface area contributed by atoms with Crippen LogP contribution in [0.15, 0.2) is 35.3 Å². The highest BCUT2D eigenvalue weighted by atomic mass is 16.2. The summed E-state index contributed by atoms with van der Waals surface area (Å²) >= 11 is 0. The molecule has 2 aromatic rings. The van der Waals surface area contributed by atoms with Gasteiger partial charge in [0, 0.05) is 10.9 Å². The van der Waals surface area contributed by atoms with Gasteiger partial charge in [0.2, 0.25) is 5.96 Å². The quantitative estimate of drug-likeness (QED) is 0.283. The van der Waals surface area contributed by atoms with Gasteiger partial charge in [0.05, 0.1) is 0 Å². The number of amides is 1. The Morgan fingerprint density at radius 2 is 2.25 bits per heavy atom. The number of nitrogens with two attached hydrogens (primary N) is 1. The molecule has 0 radical (unpaired) electrons. The Morgan fingerprint density at radius 3 is 2.95 bits per heavy atom. The first-order chi connectivity index (χ1) is 9.60. The van der Waals surface area contributed by atoms with Crippen molar-refractivity contribution >= 4 is 22.8 Å². The number of para-hydroxylation sites is 1. The molecule has 7 heteroatoms. The molecular formula is C13H14N6O. The van der Waals surface area contributed by atoms with Crippen molar-refractivity contribution in [3.8, 4) is 6.19 Å².